The second-order valence-electron chi connectivity index (χ2n) is 8.01. The number of ether oxygens (including phenoxy) is 1. The van der Waals surface area contributed by atoms with Crippen LogP contribution in [0.3, 0.4) is 0 Å². The lowest BCUT2D eigenvalue weighted by Gasteiger charge is -2.31. The van der Waals surface area contributed by atoms with E-state index in [1.54, 1.807) is 10.9 Å². The Morgan fingerprint density at radius 1 is 1.13 bits per heavy atom. The van der Waals surface area contributed by atoms with Crippen LogP contribution in [0, 0.1) is 0 Å². The van der Waals surface area contributed by atoms with Crippen molar-refractivity contribution in [2.45, 2.75) is 32.1 Å². The molecule has 2 aliphatic rings. The van der Waals surface area contributed by atoms with Gasteiger partial charge in [0, 0.05) is 50.9 Å². The summed E-state index contributed by atoms with van der Waals surface area (Å²) in [4.78, 5) is 30.2. The van der Waals surface area contributed by atoms with Crippen LogP contribution in [0.15, 0.2) is 30.6 Å². The highest BCUT2D eigenvalue weighted by atomic mass is 16.5. The summed E-state index contributed by atoms with van der Waals surface area (Å²) in [5, 5.41) is 4.81. The zero-order valence-electron chi connectivity index (χ0n) is 17.8. The number of piperidine rings is 1. The summed E-state index contributed by atoms with van der Waals surface area (Å²) in [7, 11) is 0. The Balaban J connectivity index is 1.42. The quantitative estimate of drug-likeness (QED) is 0.638. The van der Waals surface area contributed by atoms with E-state index < -0.39 is 0 Å². The molecule has 0 saturated carbocycles. The zero-order valence-corrected chi connectivity index (χ0v) is 17.8. The topological polar surface area (TPSA) is 89.3 Å². The van der Waals surface area contributed by atoms with Crippen molar-refractivity contribution in [3.63, 3.8) is 0 Å². The Morgan fingerprint density at radius 3 is 2.71 bits per heavy atom. The highest BCUT2D eigenvalue weighted by Crippen LogP contribution is 2.28. The molecule has 0 N–H and O–H groups in total. The Hall–Kier alpha value is -3.07. The zero-order chi connectivity index (χ0) is 21.2. The summed E-state index contributed by atoms with van der Waals surface area (Å²) >= 11 is 0. The van der Waals surface area contributed by atoms with Crippen molar-refractivity contribution in [1.82, 2.24) is 29.6 Å². The molecule has 5 heterocycles. The number of hydrogen-bond acceptors (Lipinski definition) is 7. The largest absolute Gasteiger partial charge is 0.378 e. The molecule has 0 radical (unpaired) electrons. The predicted molar refractivity (Wildman–Crippen MR) is 116 cm³/mol. The number of hydrogen-bond donors (Lipinski definition) is 0. The molecule has 1 amide bonds. The number of nitrogens with zero attached hydrogens (tertiary/aromatic N) is 7. The Labute approximate surface area is 181 Å². The first kappa shape index (κ1) is 19.9. The number of carbonyl (C=O) groups is 1. The van der Waals surface area contributed by atoms with E-state index in [4.69, 9.17) is 19.8 Å². The molecule has 9 nitrogen and oxygen atoms in total. The normalized spacial score (nSPS) is 18.0. The first-order chi connectivity index (χ1) is 15.2. The number of rotatable bonds is 4. The van der Waals surface area contributed by atoms with Crippen LogP contribution in [0.5, 0.6) is 0 Å². The van der Waals surface area contributed by atoms with Crippen LogP contribution in [0.25, 0.3) is 17.0 Å². The average Bonchev–Trinajstić information content (AvgIpc) is 3.34. The highest BCUT2D eigenvalue weighted by Gasteiger charge is 2.25. The van der Waals surface area contributed by atoms with Crippen LogP contribution in [-0.2, 0) is 9.53 Å². The van der Waals surface area contributed by atoms with Gasteiger partial charge in [0.25, 0.3) is 5.95 Å². The number of fused-ring (bicyclic) bond motifs is 1. The minimum Gasteiger partial charge on any atom is -0.378 e. The fraction of sp³-hybridized carbons (Fsp3) is 0.500. The smallest absolute Gasteiger partial charge is 0.253 e. The van der Waals surface area contributed by atoms with Crippen LogP contribution < -0.4 is 4.90 Å². The molecule has 0 aromatic carbocycles. The number of anilines is 1. The summed E-state index contributed by atoms with van der Waals surface area (Å²) in [5.41, 5.74) is 2.64. The molecule has 3 aromatic rings. The number of carbonyl (C=O) groups excluding carboxylic acids is 1. The van der Waals surface area contributed by atoms with Crippen LogP contribution in [0.1, 0.15) is 37.8 Å². The van der Waals surface area contributed by atoms with Crippen molar-refractivity contribution in [2.24, 2.45) is 0 Å². The van der Waals surface area contributed by atoms with Gasteiger partial charge in [-0.3, -0.25) is 9.78 Å². The van der Waals surface area contributed by atoms with Gasteiger partial charge in [-0.15, -0.1) is 0 Å². The van der Waals surface area contributed by atoms with Gasteiger partial charge in [-0.1, -0.05) is 6.92 Å². The fourth-order valence-corrected chi connectivity index (χ4v) is 4.35. The number of aromatic nitrogens is 5. The van der Waals surface area contributed by atoms with Crippen molar-refractivity contribution in [3.8, 4) is 5.95 Å². The van der Waals surface area contributed by atoms with E-state index in [1.165, 1.54) is 0 Å². The Morgan fingerprint density at radius 2 is 1.94 bits per heavy atom. The van der Waals surface area contributed by atoms with Crippen LogP contribution in [0.2, 0.25) is 0 Å². The SMILES string of the molecule is CCC(=O)N1CCC(c2ccn(-c3nc(N4CCOCC4)c4ncccc4n3)n2)CC1. The van der Waals surface area contributed by atoms with Gasteiger partial charge in [0.2, 0.25) is 5.91 Å². The van der Waals surface area contributed by atoms with E-state index in [1.807, 2.05) is 36.2 Å². The molecule has 0 aliphatic carbocycles. The number of morpholine rings is 1. The molecular formula is C22H27N7O2. The molecule has 3 aromatic heterocycles. The molecule has 0 bridgehead atoms. The van der Waals surface area contributed by atoms with Crippen LogP contribution >= 0.6 is 0 Å². The van der Waals surface area contributed by atoms with Gasteiger partial charge < -0.3 is 14.5 Å². The molecule has 9 heteroatoms. The number of amides is 1. The van der Waals surface area contributed by atoms with Gasteiger partial charge in [0.1, 0.15) is 5.52 Å². The van der Waals surface area contributed by atoms with E-state index in [-0.39, 0.29) is 5.91 Å². The lowest BCUT2D eigenvalue weighted by atomic mass is 9.93. The average molecular weight is 422 g/mol. The summed E-state index contributed by atoms with van der Waals surface area (Å²) in [6.07, 6.45) is 6.14. The summed E-state index contributed by atoms with van der Waals surface area (Å²) in [5.74, 6) is 1.96. The molecule has 31 heavy (non-hydrogen) atoms. The van der Waals surface area contributed by atoms with Crippen LogP contribution in [-0.4, -0.2) is 74.9 Å². The minimum absolute atomic E-state index is 0.234. The molecule has 2 aliphatic heterocycles. The number of pyridine rings is 1. The Bertz CT molecular complexity index is 1070. The summed E-state index contributed by atoms with van der Waals surface area (Å²) in [6.45, 7) is 6.42. The van der Waals surface area contributed by atoms with Gasteiger partial charge in [-0.25, -0.2) is 9.67 Å². The fourth-order valence-electron chi connectivity index (χ4n) is 4.35. The maximum atomic E-state index is 11.9. The molecule has 2 saturated heterocycles. The van der Waals surface area contributed by atoms with E-state index in [0.29, 0.717) is 31.5 Å². The van der Waals surface area contributed by atoms with Gasteiger partial charge >= 0.3 is 0 Å². The maximum Gasteiger partial charge on any atom is 0.253 e. The molecule has 0 spiro atoms. The second-order valence-corrected chi connectivity index (χ2v) is 8.01. The monoisotopic (exact) mass is 421 g/mol. The first-order valence-corrected chi connectivity index (χ1v) is 11.0. The van der Waals surface area contributed by atoms with E-state index >= 15 is 0 Å². The lowest BCUT2D eigenvalue weighted by Crippen LogP contribution is -2.37. The van der Waals surface area contributed by atoms with Gasteiger partial charge in [0.05, 0.1) is 24.4 Å². The lowest BCUT2D eigenvalue weighted by molar-refractivity contribution is -0.131. The summed E-state index contributed by atoms with van der Waals surface area (Å²) in [6, 6.07) is 5.90. The van der Waals surface area contributed by atoms with E-state index in [0.717, 1.165) is 61.6 Å². The van der Waals surface area contributed by atoms with Crippen molar-refractivity contribution in [3.05, 3.63) is 36.3 Å². The van der Waals surface area contributed by atoms with Gasteiger partial charge in [0.15, 0.2) is 5.82 Å². The van der Waals surface area contributed by atoms with Crippen LogP contribution in [0.4, 0.5) is 5.82 Å². The maximum absolute atomic E-state index is 11.9. The third kappa shape index (κ3) is 3.97. The highest BCUT2D eigenvalue weighted by molar-refractivity contribution is 5.86. The Kier molecular flexibility index (Phi) is 5.50. The third-order valence-electron chi connectivity index (χ3n) is 6.12. The van der Waals surface area contributed by atoms with Crippen molar-refractivity contribution < 1.29 is 9.53 Å². The predicted octanol–water partition coefficient (Wildman–Crippen LogP) is 2.16. The van der Waals surface area contributed by atoms with E-state index in [2.05, 4.69) is 9.88 Å². The van der Waals surface area contributed by atoms with Crippen molar-refractivity contribution in [2.75, 3.05) is 44.3 Å². The number of likely N-dealkylation sites (tertiary alicyclic amines) is 1. The van der Waals surface area contributed by atoms with Crippen molar-refractivity contribution in [1.29, 1.82) is 0 Å². The first-order valence-electron chi connectivity index (χ1n) is 11.0. The van der Waals surface area contributed by atoms with Crippen molar-refractivity contribution >= 4 is 22.8 Å². The molecule has 0 atom stereocenters. The third-order valence-corrected chi connectivity index (χ3v) is 6.12. The molecule has 162 valence electrons. The van der Waals surface area contributed by atoms with Gasteiger partial charge in [-0.2, -0.15) is 10.1 Å². The molecular weight excluding hydrogens is 394 g/mol. The second kappa shape index (κ2) is 8.58. The standard InChI is InChI=1S/C22H27N7O2/c1-2-19(30)27-9-5-16(6-10-27)17-7-11-29(26-17)22-24-18-4-3-8-23-20(18)21(25-22)28-12-14-31-15-13-28/h3-4,7-8,11,16H,2,5-6,9-10,12-15H2,1H3. The molecule has 5 rings (SSSR count). The molecule has 2 fully saturated rings. The molecule has 0 unspecified atom stereocenters. The summed E-state index contributed by atoms with van der Waals surface area (Å²) < 4.78 is 7.26. The van der Waals surface area contributed by atoms with Gasteiger partial charge in [-0.05, 0) is 31.0 Å². The minimum atomic E-state index is 0.234. The van der Waals surface area contributed by atoms with E-state index in [9.17, 15) is 4.79 Å².